The van der Waals surface area contributed by atoms with Gasteiger partial charge in [-0.25, -0.2) is 0 Å². The summed E-state index contributed by atoms with van der Waals surface area (Å²) in [5.74, 6) is 0. The van der Waals surface area contributed by atoms with Gasteiger partial charge in [0.15, 0.2) is 0 Å². The molecule has 1 aromatic heterocycles. The third kappa shape index (κ3) is 2.09. The smallest absolute Gasteiger partial charge is 0.0462 e. The number of hydrogen-bond acceptors (Lipinski definition) is 0. The van der Waals surface area contributed by atoms with Crippen LogP contribution in [0.3, 0.4) is 0 Å². The van der Waals surface area contributed by atoms with Gasteiger partial charge in [0.2, 0.25) is 0 Å². The van der Waals surface area contributed by atoms with E-state index in [0.29, 0.717) is 0 Å². The van der Waals surface area contributed by atoms with Crippen LogP contribution in [0, 0.1) is 13.8 Å². The molecule has 0 saturated carbocycles. The number of hydrogen-bond donors (Lipinski definition) is 1. The molecule has 1 heterocycles. The van der Waals surface area contributed by atoms with Gasteiger partial charge in [-0.15, -0.1) is 0 Å². The van der Waals surface area contributed by atoms with E-state index in [-0.39, 0.29) is 0 Å². The second-order valence-electron chi connectivity index (χ2n) is 6.36. The van der Waals surface area contributed by atoms with Gasteiger partial charge in [0, 0.05) is 17.1 Å². The van der Waals surface area contributed by atoms with E-state index >= 15 is 0 Å². The predicted octanol–water partition coefficient (Wildman–Crippen LogP) is 5.76. The zero-order chi connectivity index (χ0) is 15.1. The Balaban J connectivity index is 1.82. The second kappa shape index (κ2) is 5.17. The van der Waals surface area contributed by atoms with Gasteiger partial charge >= 0.3 is 0 Å². The molecule has 0 radical (unpaired) electrons. The van der Waals surface area contributed by atoms with Crippen molar-refractivity contribution in [3.8, 4) is 0 Å². The lowest BCUT2D eigenvalue weighted by Crippen LogP contribution is -1.90. The van der Waals surface area contributed by atoms with Gasteiger partial charge < -0.3 is 4.98 Å². The molecule has 2 aromatic carbocycles. The van der Waals surface area contributed by atoms with Crippen LogP contribution < -0.4 is 0 Å². The molecule has 1 aliphatic carbocycles. The number of rotatable bonds is 3. The van der Waals surface area contributed by atoms with Crippen molar-refractivity contribution in [2.45, 2.75) is 33.1 Å². The van der Waals surface area contributed by atoms with Crippen molar-refractivity contribution in [3.63, 3.8) is 0 Å². The highest BCUT2D eigenvalue weighted by Crippen LogP contribution is 2.34. The maximum Gasteiger partial charge on any atom is 0.0462 e. The summed E-state index contributed by atoms with van der Waals surface area (Å²) in [6.45, 7) is 4.50. The van der Waals surface area contributed by atoms with Gasteiger partial charge in [0.05, 0.1) is 0 Å². The van der Waals surface area contributed by atoms with E-state index in [2.05, 4.69) is 61.3 Å². The fraction of sp³-hybridized carbons (Fsp3) is 0.238. The molecular formula is C21H21N. The van der Waals surface area contributed by atoms with Crippen LogP contribution in [0.15, 0.2) is 54.3 Å². The summed E-state index contributed by atoms with van der Waals surface area (Å²) in [4.78, 5) is 3.40. The Morgan fingerprint density at radius 3 is 2.77 bits per heavy atom. The lowest BCUT2D eigenvalue weighted by atomic mass is 9.99. The highest BCUT2D eigenvalue weighted by Gasteiger charge is 2.13. The van der Waals surface area contributed by atoms with Crippen LogP contribution in [-0.2, 0) is 6.42 Å². The summed E-state index contributed by atoms with van der Waals surface area (Å²) in [5.41, 5.74) is 7.13. The lowest BCUT2D eigenvalue weighted by molar-refractivity contribution is 0.921. The molecule has 1 heteroatoms. The van der Waals surface area contributed by atoms with Crippen LogP contribution in [0.2, 0.25) is 0 Å². The SMILES string of the molecule is Cc1cc2c(C)c3ccc[nH]c3cc2c1CCC1=CC=CC1. The Hall–Kier alpha value is -2.28. The van der Waals surface area contributed by atoms with E-state index in [0.717, 1.165) is 12.8 Å². The highest BCUT2D eigenvalue weighted by atomic mass is 14.6. The number of fused-ring (bicyclic) bond motifs is 2. The summed E-state index contributed by atoms with van der Waals surface area (Å²) in [7, 11) is 0. The first-order chi connectivity index (χ1) is 10.7. The quantitative estimate of drug-likeness (QED) is 0.630. The average molecular weight is 287 g/mol. The largest absolute Gasteiger partial charge is 0.361 e. The Kier molecular flexibility index (Phi) is 3.15. The average Bonchev–Trinajstić information content (AvgIpc) is 3.14. The third-order valence-corrected chi connectivity index (χ3v) is 4.98. The minimum absolute atomic E-state index is 1.13. The Morgan fingerprint density at radius 1 is 1.05 bits per heavy atom. The third-order valence-electron chi connectivity index (χ3n) is 4.98. The van der Waals surface area contributed by atoms with E-state index in [9.17, 15) is 0 Å². The fourth-order valence-electron chi connectivity index (χ4n) is 3.71. The summed E-state index contributed by atoms with van der Waals surface area (Å²) in [6.07, 6.45) is 12.2. The number of H-pyrrole nitrogens is 1. The molecular weight excluding hydrogens is 266 g/mol. The standard InChI is InChI=1S/C21H21N/c1-14-12-19-15(2)18-8-5-11-22-21(18)13-20(19)17(14)10-9-16-6-3-4-7-16/h3-6,8,11-13,22H,7,9-10H2,1-2H3. The van der Waals surface area contributed by atoms with Crippen molar-refractivity contribution in [3.05, 3.63) is 71.0 Å². The number of allylic oxidation sites excluding steroid dienone is 4. The van der Waals surface area contributed by atoms with E-state index in [1.165, 1.54) is 44.8 Å². The molecule has 110 valence electrons. The second-order valence-corrected chi connectivity index (χ2v) is 6.36. The molecule has 0 atom stereocenters. The molecule has 0 unspecified atom stereocenters. The maximum atomic E-state index is 3.40. The first-order valence-corrected chi connectivity index (χ1v) is 8.07. The number of aromatic amines is 1. The molecule has 1 N–H and O–H groups in total. The van der Waals surface area contributed by atoms with Crippen LogP contribution in [0.1, 0.15) is 29.5 Å². The Morgan fingerprint density at radius 2 is 1.95 bits per heavy atom. The van der Waals surface area contributed by atoms with Crippen molar-refractivity contribution in [1.82, 2.24) is 4.98 Å². The first kappa shape index (κ1) is 13.4. The summed E-state index contributed by atoms with van der Waals surface area (Å²) < 4.78 is 0. The fourth-order valence-corrected chi connectivity index (χ4v) is 3.71. The van der Waals surface area contributed by atoms with Gasteiger partial charge in [-0.2, -0.15) is 0 Å². The Labute approximate surface area is 131 Å². The molecule has 22 heavy (non-hydrogen) atoms. The maximum absolute atomic E-state index is 3.40. The van der Waals surface area contributed by atoms with Crippen molar-refractivity contribution in [1.29, 1.82) is 0 Å². The topological polar surface area (TPSA) is 15.8 Å². The number of nitrogens with one attached hydrogen (secondary N) is 1. The van der Waals surface area contributed by atoms with Gasteiger partial charge in [0.1, 0.15) is 0 Å². The highest BCUT2D eigenvalue weighted by molar-refractivity contribution is 6.03. The normalized spacial score (nSPS) is 14.2. The molecule has 0 spiro atoms. The number of benzene rings is 1. The molecule has 1 aliphatic rings. The minimum atomic E-state index is 1.13. The Bertz CT molecular complexity index is 922. The predicted molar refractivity (Wildman–Crippen MR) is 95.4 cm³/mol. The van der Waals surface area contributed by atoms with E-state index in [1.807, 2.05) is 6.20 Å². The van der Waals surface area contributed by atoms with Crippen LogP contribution in [0.5, 0.6) is 0 Å². The van der Waals surface area contributed by atoms with E-state index in [1.54, 1.807) is 5.57 Å². The molecule has 0 aliphatic heterocycles. The molecule has 0 bridgehead atoms. The van der Waals surface area contributed by atoms with Crippen molar-refractivity contribution >= 4 is 21.7 Å². The molecule has 0 fully saturated rings. The monoisotopic (exact) mass is 287 g/mol. The molecule has 3 aromatic rings. The number of aryl methyl sites for hydroxylation is 3. The first-order valence-electron chi connectivity index (χ1n) is 8.07. The van der Waals surface area contributed by atoms with E-state index < -0.39 is 0 Å². The van der Waals surface area contributed by atoms with Gasteiger partial charge in [-0.05, 0) is 72.7 Å². The number of pyridine rings is 1. The van der Waals surface area contributed by atoms with Crippen molar-refractivity contribution < 1.29 is 0 Å². The summed E-state index contributed by atoms with van der Waals surface area (Å²) in [6, 6.07) is 8.99. The van der Waals surface area contributed by atoms with Crippen LogP contribution >= 0.6 is 0 Å². The molecule has 1 nitrogen and oxygen atoms in total. The van der Waals surface area contributed by atoms with Gasteiger partial charge in [0.25, 0.3) is 0 Å². The zero-order valence-corrected chi connectivity index (χ0v) is 13.2. The van der Waals surface area contributed by atoms with Crippen molar-refractivity contribution in [2.24, 2.45) is 0 Å². The van der Waals surface area contributed by atoms with Gasteiger partial charge in [-0.1, -0.05) is 35.9 Å². The molecule has 4 rings (SSSR count). The van der Waals surface area contributed by atoms with Crippen molar-refractivity contribution in [2.75, 3.05) is 0 Å². The lowest BCUT2D eigenvalue weighted by Gasteiger charge is -2.07. The van der Waals surface area contributed by atoms with E-state index in [4.69, 9.17) is 0 Å². The van der Waals surface area contributed by atoms with Gasteiger partial charge in [-0.3, -0.25) is 0 Å². The summed E-state index contributed by atoms with van der Waals surface area (Å²) in [5, 5.41) is 4.17. The molecule has 0 amide bonds. The minimum Gasteiger partial charge on any atom is -0.361 e. The van der Waals surface area contributed by atoms with Crippen LogP contribution in [-0.4, -0.2) is 4.98 Å². The van der Waals surface area contributed by atoms with Crippen LogP contribution in [0.4, 0.5) is 0 Å². The number of aromatic nitrogens is 1. The molecule has 0 saturated heterocycles. The zero-order valence-electron chi connectivity index (χ0n) is 13.2. The summed E-state index contributed by atoms with van der Waals surface area (Å²) >= 11 is 0. The van der Waals surface area contributed by atoms with Crippen LogP contribution in [0.25, 0.3) is 21.7 Å².